The van der Waals surface area contributed by atoms with Crippen molar-refractivity contribution >= 4 is 51.1 Å². The van der Waals surface area contributed by atoms with Gasteiger partial charge < -0.3 is 14.3 Å². The van der Waals surface area contributed by atoms with E-state index in [-0.39, 0.29) is 34.9 Å². The molecule has 3 atom stereocenters. The molecule has 3 aromatic carbocycles. The third-order valence-corrected chi connectivity index (χ3v) is 7.69. The SMILES string of the molecule is CO/N=C/[C@@H](F)[C@H](OCc1ccccc1)[C@@H](COCc1ccccc1)OS(=O)(=O)c1cc(Cl)c(Cl)cc1Cl. The first-order valence-corrected chi connectivity index (χ1v) is 13.8. The summed E-state index contributed by atoms with van der Waals surface area (Å²) in [6, 6.07) is 20.4. The number of ether oxygens (including phenoxy) is 2. The molecule has 0 saturated carbocycles. The second-order valence-electron chi connectivity index (χ2n) is 7.93. The Hall–Kier alpha value is -2.24. The van der Waals surface area contributed by atoms with E-state index in [2.05, 4.69) is 9.99 Å². The molecule has 0 aliphatic carbocycles. The molecule has 0 bridgehead atoms. The van der Waals surface area contributed by atoms with E-state index in [1.54, 1.807) is 24.3 Å². The van der Waals surface area contributed by atoms with Gasteiger partial charge >= 0.3 is 0 Å². The molecule has 0 spiro atoms. The monoisotopic (exact) mass is 603 g/mol. The smallest absolute Gasteiger partial charge is 0.298 e. The van der Waals surface area contributed by atoms with Crippen LogP contribution in [0.4, 0.5) is 4.39 Å². The fraction of sp³-hybridized carbons (Fsp3) is 0.269. The van der Waals surface area contributed by atoms with Gasteiger partial charge in [-0.05, 0) is 23.3 Å². The molecule has 0 aliphatic rings. The van der Waals surface area contributed by atoms with Gasteiger partial charge in [-0.3, -0.25) is 4.18 Å². The normalized spacial score (nSPS) is 14.3. The Morgan fingerprint density at radius 1 is 0.895 bits per heavy atom. The second kappa shape index (κ2) is 14.8. The van der Waals surface area contributed by atoms with Crippen molar-refractivity contribution in [2.24, 2.45) is 5.16 Å². The van der Waals surface area contributed by atoms with Crippen molar-refractivity contribution in [2.45, 2.75) is 36.5 Å². The number of alkyl halides is 1. The molecule has 0 N–H and O–H groups in total. The van der Waals surface area contributed by atoms with E-state index in [9.17, 15) is 8.42 Å². The van der Waals surface area contributed by atoms with Gasteiger partial charge in [-0.2, -0.15) is 8.42 Å². The standard InChI is InChI=1S/C26H25Cl3FNO6S/c1-34-31-14-23(30)26(36-16-19-10-6-3-7-11-19)24(17-35-15-18-8-4-2-5-9-18)37-38(32,33)25-13-21(28)20(27)12-22(25)29/h2-14,23-24,26H,15-17H2,1H3/b31-14+/t23-,24-,26+/m1/s1. The van der Waals surface area contributed by atoms with Crippen LogP contribution in [0.5, 0.6) is 0 Å². The van der Waals surface area contributed by atoms with Gasteiger partial charge in [0.2, 0.25) is 0 Å². The molecule has 12 heteroatoms. The van der Waals surface area contributed by atoms with Crippen molar-refractivity contribution in [2.75, 3.05) is 13.7 Å². The van der Waals surface area contributed by atoms with E-state index in [0.29, 0.717) is 0 Å². The highest BCUT2D eigenvalue weighted by Crippen LogP contribution is 2.33. The minimum absolute atomic E-state index is 0.0428. The lowest BCUT2D eigenvalue weighted by molar-refractivity contribution is -0.0854. The molecule has 0 amide bonds. The summed E-state index contributed by atoms with van der Waals surface area (Å²) in [5, 5.41) is 3.25. The van der Waals surface area contributed by atoms with Crippen LogP contribution in [0.1, 0.15) is 11.1 Å². The molecule has 0 heterocycles. The molecule has 0 aromatic heterocycles. The lowest BCUT2D eigenvalue weighted by Gasteiger charge is -2.28. The molecule has 0 saturated heterocycles. The van der Waals surface area contributed by atoms with Crippen LogP contribution < -0.4 is 0 Å². The lowest BCUT2D eigenvalue weighted by atomic mass is 10.1. The minimum Gasteiger partial charge on any atom is -0.399 e. The van der Waals surface area contributed by atoms with Gasteiger partial charge in [-0.25, -0.2) is 4.39 Å². The minimum atomic E-state index is -4.58. The Morgan fingerprint density at radius 3 is 2.08 bits per heavy atom. The van der Waals surface area contributed by atoms with Crippen molar-refractivity contribution in [3.63, 3.8) is 0 Å². The van der Waals surface area contributed by atoms with Crippen LogP contribution in [0.2, 0.25) is 15.1 Å². The predicted molar refractivity (Wildman–Crippen MR) is 145 cm³/mol. The Labute approximate surface area is 236 Å². The summed E-state index contributed by atoms with van der Waals surface area (Å²) in [5.74, 6) is 0. The van der Waals surface area contributed by atoms with Crippen LogP contribution >= 0.6 is 34.8 Å². The first kappa shape index (κ1) is 30.3. The molecule has 0 aliphatic heterocycles. The third-order valence-electron chi connectivity index (χ3n) is 5.16. The molecule has 38 heavy (non-hydrogen) atoms. The van der Waals surface area contributed by atoms with Crippen LogP contribution in [0.25, 0.3) is 0 Å². The molecule has 0 unspecified atom stereocenters. The van der Waals surface area contributed by atoms with Gasteiger partial charge in [0.1, 0.15) is 24.2 Å². The fourth-order valence-electron chi connectivity index (χ4n) is 3.33. The van der Waals surface area contributed by atoms with E-state index in [4.69, 9.17) is 48.5 Å². The summed E-state index contributed by atoms with van der Waals surface area (Å²) >= 11 is 18.1. The number of benzene rings is 3. The lowest BCUT2D eigenvalue weighted by Crippen LogP contribution is -2.44. The highest BCUT2D eigenvalue weighted by Gasteiger charge is 2.36. The first-order chi connectivity index (χ1) is 18.2. The maximum atomic E-state index is 15.4. The highest BCUT2D eigenvalue weighted by atomic mass is 35.5. The van der Waals surface area contributed by atoms with E-state index in [1.165, 1.54) is 13.2 Å². The quantitative estimate of drug-likeness (QED) is 0.0905. The molecule has 204 valence electrons. The van der Waals surface area contributed by atoms with E-state index in [0.717, 1.165) is 23.4 Å². The van der Waals surface area contributed by atoms with Gasteiger partial charge in [0.05, 0.1) is 41.1 Å². The average Bonchev–Trinajstić information content (AvgIpc) is 2.90. The van der Waals surface area contributed by atoms with Crippen molar-refractivity contribution < 1.29 is 31.3 Å². The Bertz CT molecular complexity index is 1300. The number of hydrogen-bond donors (Lipinski definition) is 0. The van der Waals surface area contributed by atoms with Crippen molar-refractivity contribution in [3.05, 3.63) is 99.0 Å². The van der Waals surface area contributed by atoms with Crippen molar-refractivity contribution in [1.29, 1.82) is 0 Å². The van der Waals surface area contributed by atoms with Gasteiger partial charge in [0, 0.05) is 0 Å². The zero-order valence-corrected chi connectivity index (χ0v) is 23.3. The molecular weight excluding hydrogens is 580 g/mol. The molecule has 3 rings (SSSR count). The highest BCUT2D eigenvalue weighted by molar-refractivity contribution is 7.87. The molecule has 0 fully saturated rings. The number of halogens is 4. The molecule has 0 radical (unpaired) electrons. The summed E-state index contributed by atoms with van der Waals surface area (Å²) in [4.78, 5) is 4.15. The largest absolute Gasteiger partial charge is 0.399 e. The predicted octanol–water partition coefficient (Wildman–Crippen LogP) is 6.49. The summed E-state index contributed by atoms with van der Waals surface area (Å²) < 4.78 is 59.0. The molecule has 7 nitrogen and oxygen atoms in total. The maximum absolute atomic E-state index is 15.4. The summed E-state index contributed by atoms with van der Waals surface area (Å²) in [6.07, 6.45) is -4.01. The van der Waals surface area contributed by atoms with E-state index in [1.807, 2.05) is 36.4 Å². The number of oxime groups is 1. The topological polar surface area (TPSA) is 83.4 Å². The van der Waals surface area contributed by atoms with Crippen LogP contribution in [0.15, 0.2) is 82.8 Å². The first-order valence-electron chi connectivity index (χ1n) is 11.3. The zero-order valence-electron chi connectivity index (χ0n) is 20.2. The van der Waals surface area contributed by atoms with Crippen LogP contribution in [0.3, 0.4) is 0 Å². The average molecular weight is 605 g/mol. The van der Waals surface area contributed by atoms with Gasteiger partial charge in [0.15, 0.2) is 6.17 Å². The van der Waals surface area contributed by atoms with Crippen LogP contribution in [-0.4, -0.2) is 46.7 Å². The van der Waals surface area contributed by atoms with Gasteiger partial charge in [-0.15, -0.1) is 0 Å². The van der Waals surface area contributed by atoms with Crippen molar-refractivity contribution in [1.82, 2.24) is 0 Å². The Kier molecular flexibility index (Phi) is 11.8. The van der Waals surface area contributed by atoms with E-state index >= 15 is 4.39 Å². The third kappa shape index (κ3) is 8.91. The maximum Gasteiger partial charge on any atom is 0.298 e. The van der Waals surface area contributed by atoms with Crippen LogP contribution in [-0.2, 0) is 41.8 Å². The summed E-state index contributed by atoms with van der Waals surface area (Å²) in [7, 11) is -3.34. The fourth-order valence-corrected chi connectivity index (χ4v) is 5.38. The zero-order chi connectivity index (χ0) is 27.5. The van der Waals surface area contributed by atoms with Crippen LogP contribution in [0, 0.1) is 0 Å². The number of hydrogen-bond acceptors (Lipinski definition) is 7. The summed E-state index contributed by atoms with van der Waals surface area (Å²) in [5.41, 5.74) is 1.55. The Morgan fingerprint density at radius 2 is 1.47 bits per heavy atom. The number of rotatable bonds is 14. The Balaban J connectivity index is 1.92. The van der Waals surface area contributed by atoms with Gasteiger partial charge in [0.25, 0.3) is 10.1 Å². The second-order valence-corrected chi connectivity index (χ2v) is 10.7. The van der Waals surface area contributed by atoms with E-state index < -0.39 is 33.4 Å². The molecule has 3 aromatic rings. The molecular formula is C26H25Cl3FNO6S. The summed E-state index contributed by atoms with van der Waals surface area (Å²) in [6.45, 7) is -0.282. The van der Waals surface area contributed by atoms with Gasteiger partial charge in [-0.1, -0.05) is 101 Å². The number of nitrogens with zero attached hydrogens (tertiary/aromatic N) is 1. The van der Waals surface area contributed by atoms with Crippen molar-refractivity contribution in [3.8, 4) is 0 Å².